The Morgan fingerprint density at radius 1 is 0.966 bits per heavy atom. The molecule has 29 heavy (non-hydrogen) atoms. The highest BCUT2D eigenvalue weighted by molar-refractivity contribution is 6.03. The normalized spacial score (nSPS) is 15.4. The number of aromatic hydroxyl groups is 1. The van der Waals surface area contributed by atoms with Gasteiger partial charge in [0.15, 0.2) is 0 Å². The number of nitrogens with zero attached hydrogens (tertiary/aromatic N) is 1. The number of hydrogen-bond acceptors (Lipinski definition) is 3. The Bertz CT molecular complexity index is 1050. The van der Waals surface area contributed by atoms with Crippen LogP contribution in [0.2, 0.25) is 0 Å². The second-order valence-electron chi connectivity index (χ2n) is 7.81. The molecular weight excluding hydrogens is 360 g/mol. The van der Waals surface area contributed by atoms with Gasteiger partial charge in [-0.1, -0.05) is 67.8 Å². The van der Waals surface area contributed by atoms with E-state index in [0.29, 0.717) is 5.92 Å². The highest BCUT2D eigenvalue weighted by Gasteiger charge is 2.15. The highest BCUT2D eigenvalue weighted by atomic mass is 16.3. The van der Waals surface area contributed by atoms with Gasteiger partial charge < -0.3 is 5.11 Å². The number of carbonyl (C=O) groups excluding carboxylic acids is 1. The third-order valence-corrected chi connectivity index (χ3v) is 5.84. The molecule has 0 bridgehead atoms. The first-order chi connectivity index (χ1) is 14.1. The Morgan fingerprint density at radius 2 is 1.62 bits per heavy atom. The van der Waals surface area contributed by atoms with Crippen LogP contribution in [0.1, 0.15) is 66.4 Å². The standard InChI is InChI=1S/C25H26N2O2/c1-17(18-11-13-20(14-12-18)19-7-3-2-4-8-19)26-27-25(29)23-15-21-9-5-6-10-22(21)16-24(23)28/h5-6,9-16,19,28H,2-4,7-8H2,1H3,(H,27,29)/b26-17+. The summed E-state index contributed by atoms with van der Waals surface area (Å²) in [6.45, 7) is 1.87. The molecule has 0 radical (unpaired) electrons. The number of carbonyl (C=O) groups is 1. The molecular formula is C25H26N2O2. The van der Waals surface area contributed by atoms with E-state index in [2.05, 4.69) is 34.8 Å². The van der Waals surface area contributed by atoms with E-state index in [-0.39, 0.29) is 11.3 Å². The first-order valence-electron chi connectivity index (χ1n) is 10.3. The predicted molar refractivity (Wildman–Crippen MR) is 118 cm³/mol. The van der Waals surface area contributed by atoms with E-state index in [4.69, 9.17) is 0 Å². The number of hydrazone groups is 1. The van der Waals surface area contributed by atoms with Gasteiger partial charge in [-0.2, -0.15) is 5.10 Å². The molecule has 1 saturated carbocycles. The van der Waals surface area contributed by atoms with Crippen LogP contribution in [0.25, 0.3) is 10.8 Å². The smallest absolute Gasteiger partial charge is 0.275 e. The lowest BCUT2D eigenvalue weighted by atomic mass is 9.84. The summed E-state index contributed by atoms with van der Waals surface area (Å²) in [6, 6.07) is 19.4. The summed E-state index contributed by atoms with van der Waals surface area (Å²) in [5, 5.41) is 16.2. The molecule has 1 amide bonds. The minimum absolute atomic E-state index is 0.0501. The summed E-state index contributed by atoms with van der Waals surface area (Å²) in [5.41, 5.74) is 5.89. The van der Waals surface area contributed by atoms with Crippen LogP contribution in [-0.2, 0) is 0 Å². The molecule has 1 aliphatic rings. The van der Waals surface area contributed by atoms with Crippen molar-refractivity contribution in [2.45, 2.75) is 44.9 Å². The van der Waals surface area contributed by atoms with Crippen LogP contribution < -0.4 is 5.43 Å². The Balaban J connectivity index is 1.47. The summed E-state index contributed by atoms with van der Waals surface area (Å²) >= 11 is 0. The fourth-order valence-electron chi connectivity index (χ4n) is 4.10. The largest absolute Gasteiger partial charge is 0.507 e. The van der Waals surface area contributed by atoms with Gasteiger partial charge in [0.1, 0.15) is 5.75 Å². The number of hydrogen-bond donors (Lipinski definition) is 2. The third kappa shape index (κ3) is 4.32. The lowest BCUT2D eigenvalue weighted by Crippen LogP contribution is -2.19. The van der Waals surface area contributed by atoms with Crippen LogP contribution in [-0.4, -0.2) is 16.7 Å². The van der Waals surface area contributed by atoms with Crippen molar-refractivity contribution in [1.82, 2.24) is 5.43 Å². The summed E-state index contributed by atoms with van der Waals surface area (Å²) in [6.07, 6.45) is 6.55. The maximum Gasteiger partial charge on any atom is 0.275 e. The van der Waals surface area contributed by atoms with E-state index in [1.807, 2.05) is 31.2 Å². The van der Waals surface area contributed by atoms with Crippen molar-refractivity contribution < 1.29 is 9.90 Å². The van der Waals surface area contributed by atoms with Crippen LogP contribution in [0.3, 0.4) is 0 Å². The first-order valence-corrected chi connectivity index (χ1v) is 10.3. The second kappa shape index (κ2) is 8.48. The molecule has 4 rings (SSSR count). The van der Waals surface area contributed by atoms with Crippen molar-refractivity contribution in [2.24, 2.45) is 5.10 Å². The van der Waals surface area contributed by atoms with Crippen LogP contribution >= 0.6 is 0 Å². The molecule has 0 aliphatic heterocycles. The zero-order chi connectivity index (χ0) is 20.2. The second-order valence-corrected chi connectivity index (χ2v) is 7.81. The van der Waals surface area contributed by atoms with E-state index >= 15 is 0 Å². The molecule has 1 aliphatic carbocycles. The highest BCUT2D eigenvalue weighted by Crippen LogP contribution is 2.32. The Kier molecular flexibility index (Phi) is 5.61. The van der Waals surface area contributed by atoms with Crippen LogP contribution in [0.4, 0.5) is 0 Å². The summed E-state index contributed by atoms with van der Waals surface area (Å²) in [4.78, 5) is 12.5. The summed E-state index contributed by atoms with van der Waals surface area (Å²) < 4.78 is 0. The van der Waals surface area contributed by atoms with Crippen molar-refractivity contribution in [3.05, 3.63) is 77.4 Å². The maximum atomic E-state index is 12.5. The van der Waals surface area contributed by atoms with Gasteiger partial charge in [-0.15, -0.1) is 0 Å². The van der Waals surface area contributed by atoms with Gasteiger partial charge in [0, 0.05) is 0 Å². The predicted octanol–water partition coefficient (Wildman–Crippen LogP) is 5.75. The van der Waals surface area contributed by atoms with Gasteiger partial charge in [-0.05, 0) is 59.7 Å². The fraction of sp³-hybridized carbons (Fsp3) is 0.280. The van der Waals surface area contributed by atoms with E-state index in [0.717, 1.165) is 22.0 Å². The molecule has 1 fully saturated rings. The average Bonchev–Trinajstić information content (AvgIpc) is 2.77. The molecule has 0 spiro atoms. The molecule has 0 aromatic heterocycles. The zero-order valence-electron chi connectivity index (χ0n) is 16.7. The molecule has 2 N–H and O–H groups in total. The number of fused-ring (bicyclic) bond motifs is 1. The summed E-state index contributed by atoms with van der Waals surface area (Å²) in [7, 11) is 0. The number of phenols is 1. The third-order valence-electron chi connectivity index (χ3n) is 5.84. The monoisotopic (exact) mass is 386 g/mol. The SMILES string of the molecule is C/C(=N\NC(=O)c1cc2ccccc2cc1O)c1ccc(C2CCCCC2)cc1. The molecule has 3 aromatic rings. The van der Waals surface area contributed by atoms with Gasteiger partial charge in [0.2, 0.25) is 0 Å². The lowest BCUT2D eigenvalue weighted by Gasteiger charge is -2.22. The Hall–Kier alpha value is -3.14. The van der Waals surface area contributed by atoms with Crippen molar-refractivity contribution in [2.75, 3.05) is 0 Å². The van der Waals surface area contributed by atoms with E-state index in [1.54, 1.807) is 12.1 Å². The van der Waals surface area contributed by atoms with Crippen molar-refractivity contribution >= 4 is 22.4 Å². The van der Waals surface area contributed by atoms with Gasteiger partial charge in [-0.3, -0.25) is 4.79 Å². The zero-order valence-corrected chi connectivity index (χ0v) is 16.7. The van der Waals surface area contributed by atoms with Crippen LogP contribution in [0.15, 0.2) is 65.8 Å². The van der Waals surface area contributed by atoms with Gasteiger partial charge in [-0.25, -0.2) is 5.43 Å². The number of nitrogens with one attached hydrogen (secondary N) is 1. The number of rotatable bonds is 4. The summed E-state index contributed by atoms with van der Waals surface area (Å²) in [5.74, 6) is 0.197. The van der Waals surface area contributed by atoms with Crippen molar-refractivity contribution in [3.8, 4) is 5.75 Å². The van der Waals surface area contributed by atoms with Gasteiger partial charge >= 0.3 is 0 Å². The molecule has 4 nitrogen and oxygen atoms in total. The Morgan fingerprint density at radius 3 is 2.31 bits per heavy atom. The fourth-order valence-corrected chi connectivity index (χ4v) is 4.10. The first kappa shape index (κ1) is 19.2. The maximum absolute atomic E-state index is 12.5. The van der Waals surface area contributed by atoms with E-state index < -0.39 is 5.91 Å². The van der Waals surface area contributed by atoms with Crippen LogP contribution in [0, 0.1) is 0 Å². The number of amides is 1. The van der Waals surface area contributed by atoms with E-state index in [1.165, 1.54) is 37.7 Å². The van der Waals surface area contributed by atoms with Crippen LogP contribution in [0.5, 0.6) is 5.75 Å². The van der Waals surface area contributed by atoms with Gasteiger partial charge in [0.25, 0.3) is 5.91 Å². The minimum Gasteiger partial charge on any atom is -0.507 e. The quantitative estimate of drug-likeness (QED) is 0.443. The molecule has 0 unspecified atom stereocenters. The number of benzene rings is 3. The molecule has 0 saturated heterocycles. The lowest BCUT2D eigenvalue weighted by molar-refractivity contribution is 0.0952. The van der Waals surface area contributed by atoms with Gasteiger partial charge in [0.05, 0.1) is 11.3 Å². The molecule has 3 aromatic carbocycles. The molecule has 0 atom stereocenters. The topological polar surface area (TPSA) is 61.7 Å². The van der Waals surface area contributed by atoms with Crippen molar-refractivity contribution in [3.63, 3.8) is 0 Å². The molecule has 4 heteroatoms. The minimum atomic E-state index is -0.425. The Labute approximate surface area is 171 Å². The molecule has 0 heterocycles. The number of phenolic OH excluding ortho intramolecular Hbond substituents is 1. The average molecular weight is 386 g/mol. The van der Waals surface area contributed by atoms with E-state index in [9.17, 15) is 9.90 Å². The molecule has 148 valence electrons. The van der Waals surface area contributed by atoms with Crippen molar-refractivity contribution in [1.29, 1.82) is 0 Å².